The first-order valence-electron chi connectivity index (χ1n) is 5.31. The van der Waals surface area contributed by atoms with Gasteiger partial charge in [0.05, 0.1) is 6.20 Å². The zero-order valence-corrected chi connectivity index (χ0v) is 10.8. The third-order valence-electron chi connectivity index (χ3n) is 2.41. The van der Waals surface area contributed by atoms with E-state index in [0.717, 1.165) is 5.00 Å². The molecular weight excluding hydrogens is 253 g/mol. The molecule has 6 heteroatoms. The molecule has 2 rings (SSSR count). The number of carbonyl (C=O) groups excluding carboxylic acids is 1. The quantitative estimate of drug-likeness (QED) is 0.897. The van der Waals surface area contributed by atoms with Crippen molar-refractivity contribution in [1.82, 2.24) is 4.98 Å². The number of hydrogen-bond donors (Lipinski definition) is 2. The minimum atomic E-state index is -0.351. The molecule has 1 aromatic carbocycles. The van der Waals surface area contributed by atoms with Crippen molar-refractivity contribution in [2.24, 2.45) is 0 Å². The van der Waals surface area contributed by atoms with E-state index in [1.54, 1.807) is 20.2 Å². The van der Waals surface area contributed by atoms with Crippen LogP contribution in [-0.4, -0.2) is 17.9 Å². The predicted molar refractivity (Wildman–Crippen MR) is 70.8 cm³/mol. The van der Waals surface area contributed by atoms with E-state index in [2.05, 4.69) is 15.6 Å². The Hall–Kier alpha value is -1.95. The summed E-state index contributed by atoms with van der Waals surface area (Å²) in [5.41, 5.74) is 1.04. The SMILES string of the molecule is CNc1cnc(NC(=O)c2ccc(F)cc2C)s1. The van der Waals surface area contributed by atoms with Crippen molar-refractivity contribution in [2.75, 3.05) is 17.7 Å². The molecule has 2 aromatic rings. The van der Waals surface area contributed by atoms with Crippen molar-refractivity contribution < 1.29 is 9.18 Å². The molecule has 0 unspecified atom stereocenters. The Balaban J connectivity index is 2.16. The maximum atomic E-state index is 12.9. The van der Waals surface area contributed by atoms with Crippen molar-refractivity contribution in [3.05, 3.63) is 41.3 Å². The molecule has 2 N–H and O–H groups in total. The van der Waals surface area contributed by atoms with Crippen LogP contribution < -0.4 is 10.6 Å². The number of nitrogens with zero attached hydrogens (tertiary/aromatic N) is 1. The first-order chi connectivity index (χ1) is 8.60. The fraction of sp³-hybridized carbons (Fsp3) is 0.167. The van der Waals surface area contributed by atoms with Gasteiger partial charge in [-0.25, -0.2) is 9.37 Å². The van der Waals surface area contributed by atoms with Crippen molar-refractivity contribution in [3.63, 3.8) is 0 Å². The fourth-order valence-corrected chi connectivity index (χ4v) is 2.16. The Morgan fingerprint density at radius 2 is 2.22 bits per heavy atom. The summed E-state index contributed by atoms with van der Waals surface area (Å²) >= 11 is 1.34. The summed E-state index contributed by atoms with van der Waals surface area (Å²) in [5, 5.41) is 6.98. The summed E-state index contributed by atoms with van der Waals surface area (Å²) in [5.74, 6) is -0.639. The van der Waals surface area contributed by atoms with Gasteiger partial charge < -0.3 is 5.32 Å². The Kier molecular flexibility index (Phi) is 3.57. The number of aryl methyl sites for hydroxylation is 1. The van der Waals surface area contributed by atoms with E-state index in [-0.39, 0.29) is 11.7 Å². The lowest BCUT2D eigenvalue weighted by atomic mass is 10.1. The van der Waals surface area contributed by atoms with Gasteiger partial charge >= 0.3 is 0 Å². The van der Waals surface area contributed by atoms with E-state index in [1.807, 2.05) is 0 Å². The van der Waals surface area contributed by atoms with Gasteiger partial charge in [0.15, 0.2) is 5.13 Å². The molecule has 18 heavy (non-hydrogen) atoms. The molecule has 0 bridgehead atoms. The minimum absolute atomic E-state index is 0.287. The van der Waals surface area contributed by atoms with E-state index in [4.69, 9.17) is 0 Å². The van der Waals surface area contributed by atoms with Gasteiger partial charge in [0, 0.05) is 12.6 Å². The first kappa shape index (κ1) is 12.5. The monoisotopic (exact) mass is 265 g/mol. The van der Waals surface area contributed by atoms with Gasteiger partial charge in [0.25, 0.3) is 5.91 Å². The summed E-state index contributed by atoms with van der Waals surface area (Å²) in [6.45, 7) is 1.69. The van der Waals surface area contributed by atoms with Crippen LogP contribution in [0.2, 0.25) is 0 Å². The predicted octanol–water partition coefficient (Wildman–Crippen LogP) is 2.88. The Bertz CT molecular complexity index is 582. The van der Waals surface area contributed by atoms with Crippen LogP contribution in [0.15, 0.2) is 24.4 Å². The molecule has 0 aliphatic heterocycles. The number of amides is 1. The average Bonchev–Trinajstić information content (AvgIpc) is 2.76. The van der Waals surface area contributed by atoms with Gasteiger partial charge in [-0.05, 0) is 30.7 Å². The first-order valence-corrected chi connectivity index (χ1v) is 6.13. The maximum Gasteiger partial charge on any atom is 0.257 e. The van der Waals surface area contributed by atoms with E-state index in [9.17, 15) is 9.18 Å². The van der Waals surface area contributed by atoms with Gasteiger partial charge in [0.1, 0.15) is 10.8 Å². The van der Waals surface area contributed by atoms with Crippen LogP contribution in [-0.2, 0) is 0 Å². The number of thiazole rings is 1. The molecule has 4 nitrogen and oxygen atoms in total. The third-order valence-corrected chi connectivity index (χ3v) is 3.34. The number of carbonyl (C=O) groups is 1. The van der Waals surface area contributed by atoms with Crippen LogP contribution >= 0.6 is 11.3 Å². The van der Waals surface area contributed by atoms with Gasteiger partial charge in [-0.2, -0.15) is 0 Å². The summed E-state index contributed by atoms with van der Waals surface area (Å²) in [6, 6.07) is 4.06. The number of hydrogen-bond acceptors (Lipinski definition) is 4. The van der Waals surface area contributed by atoms with Crippen LogP contribution in [0.25, 0.3) is 0 Å². The number of rotatable bonds is 3. The van der Waals surface area contributed by atoms with Crippen molar-refractivity contribution in [3.8, 4) is 0 Å². The molecule has 1 amide bonds. The summed E-state index contributed by atoms with van der Waals surface area (Å²) in [6.07, 6.45) is 1.64. The van der Waals surface area contributed by atoms with Gasteiger partial charge in [-0.3, -0.25) is 10.1 Å². The Morgan fingerprint density at radius 1 is 1.44 bits per heavy atom. The van der Waals surface area contributed by atoms with Crippen molar-refractivity contribution in [1.29, 1.82) is 0 Å². The van der Waals surface area contributed by atoms with Crippen LogP contribution in [0.4, 0.5) is 14.5 Å². The van der Waals surface area contributed by atoms with Crippen LogP contribution in [0, 0.1) is 12.7 Å². The van der Waals surface area contributed by atoms with Gasteiger partial charge in [-0.15, -0.1) is 0 Å². The van der Waals surface area contributed by atoms with Crippen molar-refractivity contribution in [2.45, 2.75) is 6.92 Å². The molecule has 0 aliphatic carbocycles. The number of halogens is 1. The second kappa shape index (κ2) is 5.14. The highest BCUT2D eigenvalue weighted by Gasteiger charge is 2.11. The summed E-state index contributed by atoms with van der Waals surface area (Å²) in [4.78, 5) is 16.0. The molecule has 0 atom stereocenters. The molecule has 94 valence electrons. The van der Waals surface area contributed by atoms with Crippen LogP contribution in [0.3, 0.4) is 0 Å². The largest absolute Gasteiger partial charge is 0.379 e. The second-order valence-electron chi connectivity index (χ2n) is 3.69. The fourth-order valence-electron chi connectivity index (χ4n) is 1.49. The lowest BCUT2D eigenvalue weighted by Gasteiger charge is -2.05. The topological polar surface area (TPSA) is 54.0 Å². The molecule has 1 aromatic heterocycles. The van der Waals surface area contributed by atoms with E-state index < -0.39 is 0 Å². The molecule has 1 heterocycles. The highest BCUT2D eigenvalue weighted by atomic mass is 32.1. The molecule has 0 spiro atoms. The molecular formula is C12H12FN3OS. The number of aromatic nitrogens is 1. The third kappa shape index (κ3) is 2.65. The van der Waals surface area contributed by atoms with Crippen LogP contribution in [0.5, 0.6) is 0 Å². The van der Waals surface area contributed by atoms with Gasteiger partial charge in [-0.1, -0.05) is 11.3 Å². The van der Waals surface area contributed by atoms with E-state index >= 15 is 0 Å². The number of anilines is 2. The summed E-state index contributed by atoms with van der Waals surface area (Å²) in [7, 11) is 1.78. The number of nitrogens with one attached hydrogen (secondary N) is 2. The molecule has 0 fully saturated rings. The molecule has 0 aliphatic rings. The lowest BCUT2D eigenvalue weighted by molar-refractivity contribution is 0.102. The highest BCUT2D eigenvalue weighted by Crippen LogP contribution is 2.23. The Morgan fingerprint density at radius 3 is 2.83 bits per heavy atom. The summed E-state index contributed by atoms with van der Waals surface area (Å²) < 4.78 is 12.9. The second-order valence-corrected chi connectivity index (χ2v) is 4.72. The van der Waals surface area contributed by atoms with E-state index in [1.165, 1.54) is 29.5 Å². The maximum absolute atomic E-state index is 12.9. The number of benzene rings is 1. The molecule has 0 radical (unpaired) electrons. The lowest BCUT2D eigenvalue weighted by Crippen LogP contribution is -2.13. The van der Waals surface area contributed by atoms with Crippen LogP contribution in [0.1, 0.15) is 15.9 Å². The van der Waals surface area contributed by atoms with E-state index in [0.29, 0.717) is 16.3 Å². The smallest absolute Gasteiger partial charge is 0.257 e. The highest BCUT2D eigenvalue weighted by molar-refractivity contribution is 7.19. The Labute approximate surface area is 108 Å². The van der Waals surface area contributed by atoms with Crippen molar-refractivity contribution >= 4 is 27.4 Å². The normalized spacial score (nSPS) is 10.2. The van der Waals surface area contributed by atoms with Gasteiger partial charge in [0.2, 0.25) is 0 Å². The molecule has 0 saturated carbocycles. The average molecular weight is 265 g/mol. The zero-order valence-electron chi connectivity index (χ0n) is 9.95. The molecule has 0 saturated heterocycles. The standard InChI is InChI=1S/C12H12FN3OS/c1-7-5-8(13)3-4-9(7)11(17)16-12-15-6-10(14-2)18-12/h3-6,14H,1-2H3,(H,15,16,17). The minimum Gasteiger partial charge on any atom is -0.379 e. The zero-order chi connectivity index (χ0) is 13.1.